The van der Waals surface area contributed by atoms with Gasteiger partial charge < -0.3 is 20.9 Å². The molecule has 0 fully saturated rings. The molecule has 0 aromatic carbocycles. The van der Waals surface area contributed by atoms with Crippen molar-refractivity contribution in [1.29, 1.82) is 0 Å². The minimum Gasteiger partial charge on any atom is -0.365 e. The van der Waals surface area contributed by atoms with E-state index in [-0.39, 0.29) is 23.9 Å². The van der Waals surface area contributed by atoms with Crippen molar-refractivity contribution in [3.8, 4) is 11.4 Å². The first-order valence-corrected chi connectivity index (χ1v) is 9.15. The molecule has 3 aromatic rings. The third-order valence-corrected chi connectivity index (χ3v) is 4.38. The number of nitrogens with zero attached hydrogens (tertiary/aromatic N) is 3. The summed E-state index contributed by atoms with van der Waals surface area (Å²) < 4.78 is 14.2. The van der Waals surface area contributed by atoms with Crippen LogP contribution in [0.5, 0.6) is 0 Å². The lowest BCUT2D eigenvalue weighted by Gasteiger charge is -2.20. The second kappa shape index (κ2) is 8.39. The van der Waals surface area contributed by atoms with Gasteiger partial charge in [-0.3, -0.25) is 0 Å². The largest absolute Gasteiger partial charge is 0.365 e. The molecule has 3 rings (SSSR count). The summed E-state index contributed by atoms with van der Waals surface area (Å²) in [6, 6.07) is 1.25. The molecule has 148 valence electrons. The second-order valence-corrected chi connectivity index (χ2v) is 6.98. The van der Waals surface area contributed by atoms with Gasteiger partial charge in [0, 0.05) is 42.5 Å². The number of H-pyrrole nitrogens is 1. The van der Waals surface area contributed by atoms with Crippen LogP contribution >= 0.6 is 11.6 Å². The summed E-state index contributed by atoms with van der Waals surface area (Å²) in [5, 5.41) is 9.56. The number of aromatic amines is 1. The molecule has 0 saturated heterocycles. The number of amides is 2. The molecule has 0 saturated carbocycles. The Hall–Kier alpha value is -2.94. The van der Waals surface area contributed by atoms with Crippen molar-refractivity contribution in [2.24, 2.45) is 0 Å². The molecule has 0 aliphatic rings. The normalized spacial score (nSPS) is 13.2. The number of nitrogens with one attached hydrogen (secondary N) is 4. The van der Waals surface area contributed by atoms with Gasteiger partial charge in [-0.15, -0.1) is 0 Å². The van der Waals surface area contributed by atoms with Crippen molar-refractivity contribution in [3.05, 3.63) is 35.5 Å². The zero-order chi connectivity index (χ0) is 20.3. The Labute approximate surface area is 166 Å². The van der Waals surface area contributed by atoms with E-state index in [1.165, 1.54) is 0 Å². The quantitative estimate of drug-likeness (QED) is 0.503. The van der Waals surface area contributed by atoms with Crippen LogP contribution < -0.4 is 16.0 Å². The van der Waals surface area contributed by atoms with Gasteiger partial charge in [0.25, 0.3) is 0 Å². The molecule has 0 radical (unpaired) electrons. The first kappa shape index (κ1) is 19.8. The predicted molar refractivity (Wildman–Crippen MR) is 107 cm³/mol. The second-order valence-electron chi connectivity index (χ2n) is 6.55. The summed E-state index contributed by atoms with van der Waals surface area (Å²) in [4.78, 5) is 27.0. The number of fused-ring (bicyclic) bond motifs is 1. The average Bonchev–Trinajstić information content (AvgIpc) is 3.06. The van der Waals surface area contributed by atoms with Crippen molar-refractivity contribution in [2.45, 2.75) is 32.4 Å². The van der Waals surface area contributed by atoms with Crippen molar-refractivity contribution in [2.75, 3.05) is 12.4 Å². The van der Waals surface area contributed by atoms with E-state index in [1.807, 2.05) is 13.8 Å². The maximum absolute atomic E-state index is 14.2. The molecule has 0 aliphatic carbocycles. The molecular weight excluding hydrogens is 385 g/mol. The fourth-order valence-corrected chi connectivity index (χ4v) is 3.10. The molecule has 8 nitrogen and oxygen atoms in total. The molecule has 3 heterocycles. The Morgan fingerprint density at radius 2 is 2.07 bits per heavy atom. The molecule has 2 unspecified atom stereocenters. The number of hydrogen-bond donors (Lipinski definition) is 4. The van der Waals surface area contributed by atoms with E-state index in [9.17, 15) is 9.18 Å². The summed E-state index contributed by atoms with van der Waals surface area (Å²) in [5.74, 6) is -0.115. The number of halogens is 2. The Morgan fingerprint density at radius 3 is 2.82 bits per heavy atom. The highest BCUT2D eigenvalue weighted by Crippen LogP contribution is 2.28. The fraction of sp³-hybridized carbons (Fsp3) is 0.333. The van der Waals surface area contributed by atoms with Crippen LogP contribution in [0.4, 0.5) is 15.0 Å². The number of rotatable bonds is 6. The SMILES string of the molecule is CNC(=O)NC(C)CC(C)Nc1nc(-c2c[nH]c3ncc(Cl)cc23)ncc1F. The number of hydrogen-bond acceptors (Lipinski definition) is 5. The summed E-state index contributed by atoms with van der Waals surface area (Å²) >= 11 is 6.03. The van der Waals surface area contributed by atoms with E-state index >= 15 is 0 Å². The zero-order valence-electron chi connectivity index (χ0n) is 15.7. The molecule has 4 N–H and O–H groups in total. The van der Waals surface area contributed by atoms with Crippen molar-refractivity contribution >= 4 is 34.5 Å². The molecule has 10 heteroatoms. The fourth-order valence-electron chi connectivity index (χ4n) is 2.94. The van der Waals surface area contributed by atoms with Gasteiger partial charge in [-0.25, -0.2) is 24.1 Å². The van der Waals surface area contributed by atoms with E-state index in [1.54, 1.807) is 25.5 Å². The summed E-state index contributed by atoms with van der Waals surface area (Å²) in [7, 11) is 1.55. The molecular formula is C18H21ClFN7O. The van der Waals surface area contributed by atoms with Crippen molar-refractivity contribution in [1.82, 2.24) is 30.6 Å². The van der Waals surface area contributed by atoms with Crippen molar-refractivity contribution < 1.29 is 9.18 Å². The van der Waals surface area contributed by atoms with E-state index in [0.717, 1.165) is 11.6 Å². The van der Waals surface area contributed by atoms with Crippen LogP contribution in [0.3, 0.4) is 0 Å². The van der Waals surface area contributed by atoms with Crippen LogP contribution in [0.25, 0.3) is 22.4 Å². The molecule has 2 amide bonds. The molecule has 0 spiro atoms. The maximum atomic E-state index is 14.2. The number of carbonyl (C=O) groups excluding carboxylic acids is 1. The highest BCUT2D eigenvalue weighted by atomic mass is 35.5. The highest BCUT2D eigenvalue weighted by molar-refractivity contribution is 6.31. The Morgan fingerprint density at radius 1 is 1.29 bits per heavy atom. The van der Waals surface area contributed by atoms with Gasteiger partial charge in [0.1, 0.15) is 5.65 Å². The van der Waals surface area contributed by atoms with Crippen LogP contribution in [0.15, 0.2) is 24.7 Å². The monoisotopic (exact) mass is 405 g/mol. The van der Waals surface area contributed by atoms with Gasteiger partial charge in [-0.1, -0.05) is 11.6 Å². The van der Waals surface area contributed by atoms with Crippen LogP contribution in [-0.4, -0.2) is 45.1 Å². The number of aromatic nitrogens is 4. The maximum Gasteiger partial charge on any atom is 0.314 e. The van der Waals surface area contributed by atoms with Crippen LogP contribution in [0.1, 0.15) is 20.3 Å². The highest BCUT2D eigenvalue weighted by Gasteiger charge is 2.16. The average molecular weight is 406 g/mol. The number of anilines is 1. The van der Waals surface area contributed by atoms with Crippen LogP contribution in [0.2, 0.25) is 5.02 Å². The Bertz CT molecular complexity index is 993. The minimum atomic E-state index is -0.557. The summed E-state index contributed by atoms with van der Waals surface area (Å²) in [6.45, 7) is 3.76. The first-order chi connectivity index (χ1) is 13.4. The number of urea groups is 1. The minimum absolute atomic E-state index is 0.0916. The van der Waals surface area contributed by atoms with Gasteiger partial charge in [0.15, 0.2) is 17.5 Å². The third-order valence-electron chi connectivity index (χ3n) is 4.18. The molecule has 0 aliphatic heterocycles. The first-order valence-electron chi connectivity index (χ1n) is 8.77. The molecule has 28 heavy (non-hydrogen) atoms. The van der Waals surface area contributed by atoms with E-state index < -0.39 is 5.82 Å². The number of pyridine rings is 1. The lowest BCUT2D eigenvalue weighted by atomic mass is 10.1. The smallest absolute Gasteiger partial charge is 0.314 e. The lowest BCUT2D eigenvalue weighted by molar-refractivity contribution is 0.239. The lowest BCUT2D eigenvalue weighted by Crippen LogP contribution is -2.41. The van der Waals surface area contributed by atoms with Gasteiger partial charge >= 0.3 is 6.03 Å². The number of carbonyl (C=O) groups is 1. The Balaban J connectivity index is 1.79. The summed E-state index contributed by atoms with van der Waals surface area (Å²) in [5.41, 5.74) is 1.32. The predicted octanol–water partition coefficient (Wildman–Crippen LogP) is 3.32. The molecule has 2 atom stereocenters. The van der Waals surface area contributed by atoms with Gasteiger partial charge in [0.05, 0.1) is 11.2 Å². The van der Waals surface area contributed by atoms with Crippen molar-refractivity contribution in [3.63, 3.8) is 0 Å². The topological polar surface area (TPSA) is 108 Å². The molecule has 3 aromatic heterocycles. The zero-order valence-corrected chi connectivity index (χ0v) is 16.4. The van der Waals surface area contributed by atoms with Crippen LogP contribution in [0, 0.1) is 5.82 Å². The molecule has 0 bridgehead atoms. The van der Waals surface area contributed by atoms with E-state index in [2.05, 4.69) is 35.9 Å². The third kappa shape index (κ3) is 4.48. The van der Waals surface area contributed by atoms with Gasteiger partial charge in [0.2, 0.25) is 0 Å². The summed E-state index contributed by atoms with van der Waals surface area (Å²) in [6.07, 6.45) is 4.96. The van der Waals surface area contributed by atoms with Gasteiger partial charge in [-0.2, -0.15) is 0 Å². The van der Waals surface area contributed by atoms with Gasteiger partial charge in [-0.05, 0) is 26.3 Å². The standard InChI is InChI=1S/C18H21ClFN7O/c1-9(4-10(2)26-18(28)21-3)25-17-14(20)8-24-16(27-17)13-7-23-15-12(13)5-11(19)6-22-15/h5-10H,4H2,1-3H3,(H,22,23)(H2,21,26,28)(H,24,25,27). The Kier molecular flexibility index (Phi) is 5.93. The van der Waals surface area contributed by atoms with E-state index in [0.29, 0.717) is 28.5 Å². The van der Waals surface area contributed by atoms with E-state index in [4.69, 9.17) is 11.6 Å². The van der Waals surface area contributed by atoms with Crippen LogP contribution in [-0.2, 0) is 0 Å².